The van der Waals surface area contributed by atoms with Gasteiger partial charge in [-0.3, -0.25) is 4.90 Å². The Kier molecular flexibility index (Phi) is 9.48. The van der Waals surface area contributed by atoms with Crippen LogP contribution in [-0.2, 0) is 0 Å². The van der Waals surface area contributed by atoms with Crippen LogP contribution in [0.1, 0.15) is 25.7 Å². The highest BCUT2D eigenvalue weighted by Crippen LogP contribution is 2.28. The van der Waals surface area contributed by atoms with Crippen LogP contribution in [-0.4, -0.2) is 127 Å². The molecule has 2 heterocycles. The molecule has 2 aliphatic heterocycles. The third kappa shape index (κ3) is 5.82. The van der Waals surface area contributed by atoms with Crippen molar-refractivity contribution >= 4 is 0 Å². The van der Waals surface area contributed by atoms with Crippen molar-refractivity contribution in [1.29, 1.82) is 0 Å². The van der Waals surface area contributed by atoms with Gasteiger partial charge in [-0.15, -0.1) is 0 Å². The van der Waals surface area contributed by atoms with Gasteiger partial charge in [-0.2, -0.15) is 0 Å². The summed E-state index contributed by atoms with van der Waals surface area (Å²) in [6.07, 6.45) is -1.48. The van der Waals surface area contributed by atoms with Crippen molar-refractivity contribution in [1.82, 2.24) is 10.2 Å². The molecule has 0 aromatic rings. The molecule has 0 radical (unpaired) electrons. The summed E-state index contributed by atoms with van der Waals surface area (Å²) >= 11 is 0. The molecule has 2 saturated heterocycles. The van der Waals surface area contributed by atoms with Gasteiger partial charge in [0.2, 0.25) is 0 Å². The molecule has 0 spiro atoms. The highest BCUT2D eigenvalue weighted by molar-refractivity contribution is 4.95. The summed E-state index contributed by atoms with van der Waals surface area (Å²) in [7, 11) is 0. The standard InChI is InChI=1S/C12H23NO4.C6H13NO4/c14-7-9-11(16)12(17)10(15)6-13(9)5-8-3-1-2-4-8;8-2-3-5(10)6(11)4(9)1-7-3/h8-12,14-17H,1-7H2;3-11H,1-2H2/t9-,10+,11-,12-;3-,4+,5-,6-/m11/s1. The summed E-state index contributed by atoms with van der Waals surface area (Å²) in [4.78, 5) is 1.93. The molecule has 9 N–H and O–H groups in total. The fraction of sp³-hybridized carbons (Fsp3) is 1.00. The topological polar surface area (TPSA) is 177 Å². The van der Waals surface area contributed by atoms with Gasteiger partial charge in [0.05, 0.1) is 43.6 Å². The number of nitrogens with zero attached hydrogens (tertiary/aromatic N) is 1. The maximum absolute atomic E-state index is 9.84. The third-order valence-electron chi connectivity index (χ3n) is 6.13. The predicted molar refractivity (Wildman–Crippen MR) is 99.3 cm³/mol. The zero-order chi connectivity index (χ0) is 20.8. The molecule has 10 heteroatoms. The molecule has 166 valence electrons. The average molecular weight is 408 g/mol. The van der Waals surface area contributed by atoms with E-state index in [0.29, 0.717) is 12.5 Å². The molecule has 3 fully saturated rings. The summed E-state index contributed by atoms with van der Waals surface area (Å²) in [6, 6.07) is -0.984. The van der Waals surface area contributed by atoms with E-state index in [1.807, 2.05) is 4.90 Å². The number of piperidine rings is 2. The van der Waals surface area contributed by atoms with Crippen LogP contribution in [0.15, 0.2) is 0 Å². The Morgan fingerprint density at radius 2 is 1.36 bits per heavy atom. The van der Waals surface area contributed by atoms with E-state index < -0.39 is 48.7 Å². The normalized spacial score (nSPS) is 42.9. The van der Waals surface area contributed by atoms with E-state index in [-0.39, 0.29) is 19.8 Å². The largest absolute Gasteiger partial charge is 0.395 e. The van der Waals surface area contributed by atoms with Gasteiger partial charge in [0.15, 0.2) is 0 Å². The lowest BCUT2D eigenvalue weighted by atomic mass is 9.93. The zero-order valence-electron chi connectivity index (χ0n) is 16.1. The van der Waals surface area contributed by atoms with Gasteiger partial charge in [0.1, 0.15) is 18.3 Å². The number of aliphatic hydroxyl groups is 8. The number of aliphatic hydroxyl groups excluding tert-OH is 8. The molecule has 0 amide bonds. The van der Waals surface area contributed by atoms with Crippen LogP contribution >= 0.6 is 0 Å². The van der Waals surface area contributed by atoms with Gasteiger partial charge in [-0.25, -0.2) is 0 Å². The molecular formula is C18H36N2O8. The van der Waals surface area contributed by atoms with Gasteiger partial charge in [-0.1, -0.05) is 12.8 Å². The van der Waals surface area contributed by atoms with Gasteiger partial charge < -0.3 is 46.2 Å². The van der Waals surface area contributed by atoms with E-state index in [9.17, 15) is 25.5 Å². The number of β-amino-alcohol motifs (C(OH)–C–C–N with tert-alkyl or cyclic N) is 2. The molecule has 1 saturated carbocycles. The van der Waals surface area contributed by atoms with Crippen LogP contribution in [0.2, 0.25) is 0 Å². The Morgan fingerprint density at radius 3 is 1.93 bits per heavy atom. The van der Waals surface area contributed by atoms with E-state index in [0.717, 1.165) is 6.54 Å². The SMILES string of the molecule is OC[C@@H]1[C@@H](O)[C@H](O)[C@@H](O)CN1CC1CCCC1.OC[C@H]1NC[C@H](O)[C@@H](O)[C@@H]1O. The first-order valence-electron chi connectivity index (χ1n) is 10.1. The Bertz CT molecular complexity index is 451. The van der Waals surface area contributed by atoms with E-state index in [1.54, 1.807) is 0 Å². The molecule has 8 atom stereocenters. The summed E-state index contributed by atoms with van der Waals surface area (Å²) < 4.78 is 0. The van der Waals surface area contributed by atoms with Crippen LogP contribution in [0.3, 0.4) is 0 Å². The van der Waals surface area contributed by atoms with E-state index in [4.69, 9.17) is 15.3 Å². The van der Waals surface area contributed by atoms with Crippen molar-refractivity contribution in [3.05, 3.63) is 0 Å². The summed E-state index contributed by atoms with van der Waals surface area (Å²) in [6.45, 7) is 0.901. The minimum absolute atomic E-state index is 0.183. The predicted octanol–water partition coefficient (Wildman–Crippen LogP) is -4.03. The Hall–Kier alpha value is -0.400. The van der Waals surface area contributed by atoms with Gasteiger partial charge in [0, 0.05) is 19.6 Å². The fourth-order valence-corrected chi connectivity index (χ4v) is 4.26. The quantitative estimate of drug-likeness (QED) is 0.222. The van der Waals surface area contributed by atoms with Crippen molar-refractivity contribution < 1.29 is 40.9 Å². The number of hydrogen-bond donors (Lipinski definition) is 9. The Balaban J connectivity index is 0.000000221. The lowest BCUT2D eigenvalue weighted by molar-refractivity contribution is -0.147. The van der Waals surface area contributed by atoms with Gasteiger partial charge in [0.25, 0.3) is 0 Å². The summed E-state index contributed by atoms with van der Waals surface area (Å²) in [5.74, 6) is 0.596. The van der Waals surface area contributed by atoms with Gasteiger partial charge in [-0.05, 0) is 18.8 Å². The second kappa shape index (κ2) is 11.1. The van der Waals surface area contributed by atoms with Crippen LogP contribution in [0.4, 0.5) is 0 Å². The third-order valence-corrected chi connectivity index (χ3v) is 6.13. The summed E-state index contributed by atoms with van der Waals surface area (Å²) in [5.41, 5.74) is 0. The smallest absolute Gasteiger partial charge is 0.109 e. The van der Waals surface area contributed by atoms with Crippen LogP contribution < -0.4 is 5.32 Å². The van der Waals surface area contributed by atoms with Crippen molar-refractivity contribution in [3.8, 4) is 0 Å². The minimum Gasteiger partial charge on any atom is -0.395 e. The molecule has 3 rings (SSSR count). The molecule has 0 aromatic heterocycles. The van der Waals surface area contributed by atoms with Crippen molar-refractivity contribution in [2.45, 2.75) is 74.4 Å². The fourth-order valence-electron chi connectivity index (χ4n) is 4.26. The number of rotatable bonds is 4. The van der Waals surface area contributed by atoms with Crippen molar-refractivity contribution in [3.63, 3.8) is 0 Å². The first-order valence-corrected chi connectivity index (χ1v) is 10.1. The molecule has 0 bridgehead atoms. The highest BCUT2D eigenvalue weighted by Gasteiger charge is 2.41. The second-order valence-corrected chi connectivity index (χ2v) is 8.15. The minimum atomic E-state index is -1.16. The van der Waals surface area contributed by atoms with E-state index in [2.05, 4.69) is 5.32 Å². The molecular weight excluding hydrogens is 372 g/mol. The van der Waals surface area contributed by atoms with Crippen LogP contribution in [0, 0.1) is 5.92 Å². The molecule has 1 aliphatic carbocycles. The Labute approximate surface area is 165 Å². The van der Waals surface area contributed by atoms with Crippen molar-refractivity contribution in [2.75, 3.05) is 32.8 Å². The first-order chi connectivity index (χ1) is 13.3. The lowest BCUT2D eigenvalue weighted by Gasteiger charge is -2.44. The second-order valence-electron chi connectivity index (χ2n) is 8.15. The molecule has 28 heavy (non-hydrogen) atoms. The number of likely N-dealkylation sites (tertiary alicyclic amines) is 1. The van der Waals surface area contributed by atoms with E-state index >= 15 is 0 Å². The average Bonchev–Trinajstić information content (AvgIpc) is 3.18. The maximum atomic E-state index is 9.84. The van der Waals surface area contributed by atoms with Crippen molar-refractivity contribution in [2.24, 2.45) is 5.92 Å². The summed E-state index contributed by atoms with van der Waals surface area (Å²) in [5, 5.41) is 77.0. The number of hydrogen-bond acceptors (Lipinski definition) is 10. The lowest BCUT2D eigenvalue weighted by Crippen LogP contribution is -2.63. The zero-order valence-corrected chi connectivity index (χ0v) is 16.1. The highest BCUT2D eigenvalue weighted by atomic mass is 16.4. The molecule has 10 nitrogen and oxygen atoms in total. The molecule has 3 aliphatic rings. The monoisotopic (exact) mass is 408 g/mol. The van der Waals surface area contributed by atoms with Gasteiger partial charge >= 0.3 is 0 Å². The first kappa shape index (κ1) is 23.9. The maximum Gasteiger partial charge on any atom is 0.109 e. The Morgan fingerprint density at radius 1 is 0.750 bits per heavy atom. The molecule has 0 unspecified atom stereocenters. The van der Waals surface area contributed by atoms with Crippen LogP contribution in [0.5, 0.6) is 0 Å². The number of nitrogens with one attached hydrogen (secondary N) is 1. The molecule has 0 aromatic carbocycles. The van der Waals surface area contributed by atoms with Crippen LogP contribution in [0.25, 0.3) is 0 Å². The van der Waals surface area contributed by atoms with E-state index in [1.165, 1.54) is 25.7 Å².